The molecule has 0 saturated heterocycles. The van der Waals surface area contributed by atoms with Crippen LogP contribution in [0.1, 0.15) is 37.8 Å². The maximum atomic E-state index is 8.49. The van der Waals surface area contributed by atoms with Gasteiger partial charge in [-0.3, -0.25) is 0 Å². The van der Waals surface area contributed by atoms with Crippen LogP contribution < -0.4 is 28.1 Å². The summed E-state index contributed by atoms with van der Waals surface area (Å²) < 4.78 is 36.2. The zero-order valence-electron chi connectivity index (χ0n) is 19.0. The Morgan fingerprint density at radius 2 is 1.61 bits per heavy atom. The summed E-state index contributed by atoms with van der Waals surface area (Å²) in [6.45, 7) is 5.87. The summed E-state index contributed by atoms with van der Waals surface area (Å²) in [6.07, 6.45) is 9.20. The van der Waals surface area contributed by atoms with Gasteiger partial charge in [0.15, 0.2) is 6.20 Å². The van der Waals surface area contributed by atoms with Gasteiger partial charge in [-0.1, -0.05) is 56.3 Å². The van der Waals surface area contributed by atoms with Gasteiger partial charge in [-0.05, 0) is 41.7 Å². The van der Waals surface area contributed by atoms with E-state index in [-0.39, 0.29) is 5.41 Å². The number of fused-ring (bicyclic) bond motifs is 4. The second-order valence-electron chi connectivity index (χ2n) is 8.88. The molecule has 2 aliphatic heterocycles. The lowest BCUT2D eigenvalue weighted by Gasteiger charge is -2.33. The van der Waals surface area contributed by atoms with Crippen molar-refractivity contribution < 1.29 is 33.4 Å². The second-order valence-corrected chi connectivity index (χ2v) is 9.64. The largest absolute Gasteiger partial charge is 0.344 e. The van der Waals surface area contributed by atoms with Gasteiger partial charge in [0.25, 0.3) is 0 Å². The van der Waals surface area contributed by atoms with Gasteiger partial charge in [0, 0.05) is 35.5 Å². The molecule has 172 valence electrons. The minimum Gasteiger partial charge on any atom is -0.344 e. The highest BCUT2D eigenvalue weighted by atomic mass is 35.7. The van der Waals surface area contributed by atoms with Crippen LogP contribution >= 0.6 is 0 Å². The van der Waals surface area contributed by atoms with E-state index >= 15 is 0 Å². The maximum absolute atomic E-state index is 8.49. The molecule has 0 unspecified atom stereocenters. The van der Waals surface area contributed by atoms with E-state index in [4.69, 9.17) is 18.6 Å². The van der Waals surface area contributed by atoms with Crippen LogP contribution in [0.15, 0.2) is 78.1 Å². The van der Waals surface area contributed by atoms with E-state index in [1.54, 1.807) is 0 Å². The molecule has 0 aliphatic carbocycles. The van der Waals surface area contributed by atoms with Crippen LogP contribution in [-0.2, 0) is 12.5 Å². The fourth-order valence-electron chi connectivity index (χ4n) is 5.06. The molecule has 0 radical (unpaired) electrons. The standard InChI is InChI=1S/C26H27N2.ClHO4/c1-26(2)22-11-5-7-13-24(22)28-17-8-9-20(25(26)28)15-14-19-16-18-27(3)23-12-6-4-10-21(19)23;2-1(3,4)5/h4-7,10-16,18H,8-9,17H2,1-3H3;(H,2,3,4,5)/q+1;/p-1. The number of hydrogen-bond acceptors (Lipinski definition) is 5. The van der Waals surface area contributed by atoms with Gasteiger partial charge in [0.05, 0.1) is 5.39 Å². The van der Waals surface area contributed by atoms with Crippen molar-refractivity contribution in [3.8, 4) is 0 Å². The normalized spacial score (nSPS) is 17.1. The number of benzene rings is 2. The van der Waals surface area contributed by atoms with Crippen LogP contribution in [0.25, 0.3) is 17.0 Å². The molecule has 2 aromatic carbocycles. The molecule has 6 nitrogen and oxygen atoms in total. The van der Waals surface area contributed by atoms with Crippen LogP contribution in [0.3, 0.4) is 0 Å². The van der Waals surface area contributed by atoms with Gasteiger partial charge in [0.2, 0.25) is 5.52 Å². The van der Waals surface area contributed by atoms with E-state index < -0.39 is 10.2 Å². The fourth-order valence-corrected chi connectivity index (χ4v) is 5.06. The zero-order chi connectivity index (χ0) is 23.8. The highest BCUT2D eigenvalue weighted by molar-refractivity contribution is 5.86. The number of aryl methyl sites for hydroxylation is 1. The maximum Gasteiger partial charge on any atom is 0.212 e. The highest BCUT2D eigenvalue weighted by Crippen LogP contribution is 2.51. The molecular weight excluding hydrogens is 440 g/mol. The van der Waals surface area contributed by atoms with E-state index in [1.807, 2.05) is 0 Å². The first kappa shape index (κ1) is 23.4. The van der Waals surface area contributed by atoms with E-state index in [1.165, 1.54) is 45.4 Å². The second kappa shape index (κ2) is 8.89. The van der Waals surface area contributed by atoms with E-state index in [0.717, 1.165) is 13.0 Å². The van der Waals surface area contributed by atoms with Gasteiger partial charge < -0.3 is 4.90 Å². The molecule has 0 bridgehead atoms. The van der Waals surface area contributed by atoms with Gasteiger partial charge in [-0.2, -0.15) is 0 Å². The summed E-state index contributed by atoms with van der Waals surface area (Å²) in [5, 5.41) is 1.30. The van der Waals surface area contributed by atoms with Gasteiger partial charge in [0.1, 0.15) is 7.05 Å². The molecule has 5 rings (SSSR count). The molecular formula is C26H27ClN2O4. The van der Waals surface area contributed by atoms with Crippen molar-refractivity contribution in [3.63, 3.8) is 0 Å². The quantitative estimate of drug-likeness (QED) is 0.519. The topological polar surface area (TPSA) is 99.4 Å². The number of nitrogens with zero attached hydrogens (tertiary/aromatic N) is 2. The molecule has 3 aromatic rings. The number of pyridine rings is 1. The summed E-state index contributed by atoms with van der Waals surface area (Å²) in [5.41, 5.74) is 8.42. The lowest BCUT2D eigenvalue weighted by atomic mass is 9.80. The number of para-hydroxylation sites is 2. The third kappa shape index (κ3) is 4.81. The third-order valence-corrected chi connectivity index (χ3v) is 6.40. The van der Waals surface area contributed by atoms with Crippen molar-refractivity contribution in [1.82, 2.24) is 0 Å². The summed E-state index contributed by atoms with van der Waals surface area (Å²) in [5.74, 6) is 0. The van der Waals surface area contributed by atoms with Gasteiger partial charge in [-0.25, -0.2) is 23.2 Å². The smallest absolute Gasteiger partial charge is 0.212 e. The highest BCUT2D eigenvalue weighted by Gasteiger charge is 2.42. The van der Waals surface area contributed by atoms with Gasteiger partial charge in [-0.15, -0.1) is 10.2 Å². The summed E-state index contributed by atoms with van der Waals surface area (Å²) in [7, 11) is -2.84. The Morgan fingerprint density at radius 3 is 2.36 bits per heavy atom. The average Bonchev–Trinajstić information content (AvgIpc) is 3.00. The monoisotopic (exact) mass is 466 g/mol. The molecule has 0 atom stereocenters. The Morgan fingerprint density at radius 1 is 0.939 bits per heavy atom. The number of halogens is 1. The van der Waals surface area contributed by atoms with Crippen LogP contribution in [0.2, 0.25) is 0 Å². The average molecular weight is 467 g/mol. The van der Waals surface area contributed by atoms with Crippen molar-refractivity contribution in [1.29, 1.82) is 0 Å². The van der Waals surface area contributed by atoms with Crippen molar-refractivity contribution in [3.05, 3.63) is 89.3 Å². The van der Waals surface area contributed by atoms with Crippen molar-refractivity contribution in [2.45, 2.75) is 32.1 Å². The van der Waals surface area contributed by atoms with Crippen LogP contribution in [-0.4, -0.2) is 6.54 Å². The molecule has 3 heterocycles. The molecule has 33 heavy (non-hydrogen) atoms. The van der Waals surface area contributed by atoms with E-state index in [2.05, 4.69) is 103 Å². The molecule has 0 amide bonds. The summed E-state index contributed by atoms with van der Waals surface area (Å²) >= 11 is 0. The number of rotatable bonds is 2. The molecule has 0 fully saturated rings. The Labute approximate surface area is 196 Å². The Hall–Kier alpha value is -2.74. The Kier molecular flexibility index (Phi) is 6.31. The number of hydrogen-bond donors (Lipinski definition) is 0. The molecule has 0 N–H and O–H groups in total. The lowest BCUT2D eigenvalue weighted by molar-refractivity contribution is -2.00. The van der Waals surface area contributed by atoms with Crippen molar-refractivity contribution in [2.24, 2.45) is 7.05 Å². The van der Waals surface area contributed by atoms with E-state index in [0.29, 0.717) is 0 Å². The van der Waals surface area contributed by atoms with Crippen LogP contribution in [0.5, 0.6) is 0 Å². The first-order valence-corrected chi connectivity index (χ1v) is 12.1. The number of anilines is 1. The molecule has 0 saturated carbocycles. The SMILES string of the molecule is C[n+]1ccc(/C=C/C2=C3N(CCC2)c2ccccc2C3(C)C)c2ccccc21.[O-][Cl+3]([O-])([O-])[O-]. The molecule has 7 heteroatoms. The summed E-state index contributed by atoms with van der Waals surface area (Å²) in [6, 6.07) is 19.8. The predicted molar refractivity (Wildman–Crippen MR) is 117 cm³/mol. The number of allylic oxidation sites excluding steroid dienone is 3. The molecule has 0 spiro atoms. The fraction of sp³-hybridized carbons (Fsp3) is 0.269. The predicted octanol–water partition coefficient (Wildman–Crippen LogP) is 0.767. The first-order valence-electron chi connectivity index (χ1n) is 10.9. The zero-order valence-corrected chi connectivity index (χ0v) is 19.7. The van der Waals surface area contributed by atoms with Crippen molar-refractivity contribution in [2.75, 3.05) is 11.4 Å². The Bertz CT molecular complexity index is 1240. The van der Waals surface area contributed by atoms with E-state index in [9.17, 15) is 0 Å². The minimum absolute atomic E-state index is 0.0574. The first-order chi connectivity index (χ1) is 15.6. The third-order valence-electron chi connectivity index (χ3n) is 6.40. The molecule has 2 aliphatic rings. The lowest BCUT2D eigenvalue weighted by Crippen LogP contribution is -2.68. The van der Waals surface area contributed by atoms with Crippen LogP contribution in [0.4, 0.5) is 5.69 Å². The van der Waals surface area contributed by atoms with Crippen LogP contribution in [0, 0.1) is 10.2 Å². The number of aromatic nitrogens is 1. The Balaban J connectivity index is 0.000000471. The van der Waals surface area contributed by atoms with Gasteiger partial charge >= 0.3 is 0 Å². The van der Waals surface area contributed by atoms with Crippen molar-refractivity contribution >= 4 is 22.7 Å². The minimum atomic E-state index is -4.94. The molecule has 1 aromatic heterocycles. The summed E-state index contributed by atoms with van der Waals surface area (Å²) in [4.78, 5) is 2.56.